The number of hydrogen-bond acceptors (Lipinski definition) is 20. The van der Waals surface area contributed by atoms with Crippen LogP contribution in [0.25, 0.3) is 0 Å². The number of hydrogen-bond donors (Lipinski definition) is 0. The maximum absolute atomic E-state index is 12.9. The van der Waals surface area contributed by atoms with Crippen molar-refractivity contribution >= 4 is 47.8 Å². The number of esters is 8. The van der Waals surface area contributed by atoms with Gasteiger partial charge in [0.1, 0.15) is 57.5 Å². The van der Waals surface area contributed by atoms with Crippen LogP contribution in [-0.4, -0.2) is 87.4 Å². The van der Waals surface area contributed by atoms with Gasteiger partial charge in [-0.1, -0.05) is 38.8 Å². The summed E-state index contributed by atoms with van der Waals surface area (Å²) in [5.41, 5.74) is 1.69. The first-order valence-corrected chi connectivity index (χ1v) is 31.0. The Balaban J connectivity index is 0.628. The molecule has 0 aliphatic heterocycles. The number of rotatable bonds is 37. The molecule has 8 rings (SSSR count). The Hall–Kier alpha value is -11.8. The van der Waals surface area contributed by atoms with Crippen LogP contribution in [0.3, 0.4) is 0 Å². The van der Waals surface area contributed by atoms with Crippen LogP contribution in [-0.2, 0) is 19.1 Å². The number of benzene rings is 8. The van der Waals surface area contributed by atoms with Crippen LogP contribution in [0.5, 0.6) is 57.5 Å². The molecule has 8 aromatic rings. The highest BCUT2D eigenvalue weighted by molar-refractivity contribution is 5.95. The number of unbranched alkanes of at least 4 members (excludes halogenated alkanes) is 7. The molecule has 0 atom stereocenters. The second kappa shape index (κ2) is 37.6. The zero-order valence-corrected chi connectivity index (χ0v) is 52.5. The summed E-state index contributed by atoms with van der Waals surface area (Å²) >= 11 is 0. The van der Waals surface area contributed by atoms with Gasteiger partial charge in [-0.25, -0.2) is 38.4 Å². The van der Waals surface area contributed by atoms with Crippen molar-refractivity contribution in [3.8, 4) is 57.5 Å². The summed E-state index contributed by atoms with van der Waals surface area (Å²) in [7, 11) is 0. The van der Waals surface area contributed by atoms with Crippen LogP contribution >= 0.6 is 0 Å². The first-order valence-electron chi connectivity index (χ1n) is 31.0. The largest absolute Gasteiger partial charge is 0.494 e. The predicted octanol–water partition coefficient (Wildman–Crippen LogP) is 14.6. The van der Waals surface area contributed by atoms with E-state index in [1.807, 2.05) is 0 Å². The second-order valence-corrected chi connectivity index (χ2v) is 21.1. The Kier molecular flexibility index (Phi) is 27.5. The molecule has 494 valence electrons. The Bertz CT molecular complexity index is 3610. The van der Waals surface area contributed by atoms with E-state index in [9.17, 15) is 38.4 Å². The van der Waals surface area contributed by atoms with Gasteiger partial charge in [0.2, 0.25) is 0 Å². The van der Waals surface area contributed by atoms with E-state index in [1.54, 1.807) is 97.1 Å². The third kappa shape index (κ3) is 23.7. The Morgan fingerprint density at radius 3 is 0.573 bits per heavy atom. The number of ether oxygens (including phenoxy) is 12. The van der Waals surface area contributed by atoms with Crippen molar-refractivity contribution in [3.05, 3.63) is 253 Å². The molecule has 0 saturated heterocycles. The molecule has 8 aromatic carbocycles. The highest BCUT2D eigenvalue weighted by Crippen LogP contribution is 2.26. The van der Waals surface area contributed by atoms with Crippen LogP contribution in [0.1, 0.15) is 126 Å². The minimum atomic E-state index is -0.647. The summed E-state index contributed by atoms with van der Waals surface area (Å²) in [5.74, 6) is -0.778. The Labute approximate surface area is 554 Å². The van der Waals surface area contributed by atoms with E-state index in [0.29, 0.717) is 97.4 Å². The van der Waals surface area contributed by atoms with Crippen molar-refractivity contribution < 1.29 is 95.2 Å². The van der Waals surface area contributed by atoms with Gasteiger partial charge < -0.3 is 56.8 Å². The maximum Gasteiger partial charge on any atom is 0.343 e. The van der Waals surface area contributed by atoms with Crippen molar-refractivity contribution in [1.29, 1.82) is 0 Å². The molecule has 20 nitrogen and oxygen atoms in total. The van der Waals surface area contributed by atoms with E-state index < -0.39 is 47.8 Å². The normalized spacial score (nSPS) is 10.5. The topological polar surface area (TPSA) is 247 Å². The summed E-state index contributed by atoms with van der Waals surface area (Å²) in [4.78, 5) is 99.3. The second-order valence-electron chi connectivity index (χ2n) is 21.1. The minimum Gasteiger partial charge on any atom is -0.494 e. The Morgan fingerprint density at radius 1 is 0.219 bits per heavy atom. The Morgan fingerprint density at radius 2 is 0.375 bits per heavy atom. The summed E-state index contributed by atoms with van der Waals surface area (Å²) in [6.07, 6.45) is 10.6. The van der Waals surface area contributed by atoms with Gasteiger partial charge in [0.05, 0.1) is 73.0 Å². The fourth-order valence-corrected chi connectivity index (χ4v) is 8.76. The third-order valence-corrected chi connectivity index (χ3v) is 14.0. The summed E-state index contributed by atoms with van der Waals surface area (Å²) < 4.78 is 66.0. The molecule has 0 unspecified atom stereocenters. The molecule has 0 amide bonds. The maximum atomic E-state index is 12.9. The van der Waals surface area contributed by atoms with Gasteiger partial charge in [-0.2, -0.15) is 0 Å². The van der Waals surface area contributed by atoms with E-state index in [0.717, 1.165) is 50.7 Å². The lowest BCUT2D eigenvalue weighted by Gasteiger charge is -2.09. The lowest BCUT2D eigenvalue weighted by molar-refractivity contribution is -0.138. The predicted molar refractivity (Wildman–Crippen MR) is 352 cm³/mol. The fourth-order valence-electron chi connectivity index (χ4n) is 8.76. The van der Waals surface area contributed by atoms with Crippen LogP contribution in [0, 0.1) is 0 Å². The lowest BCUT2D eigenvalue weighted by atomic mass is 10.1. The third-order valence-electron chi connectivity index (χ3n) is 14.0. The quantitative estimate of drug-likeness (QED) is 0.0152. The average molecular weight is 1300 g/mol. The van der Waals surface area contributed by atoms with Crippen LogP contribution in [0.2, 0.25) is 0 Å². The van der Waals surface area contributed by atoms with Crippen LogP contribution < -0.4 is 47.4 Å². The molecule has 0 N–H and O–H groups in total. The van der Waals surface area contributed by atoms with Gasteiger partial charge in [-0.3, -0.25) is 0 Å². The highest BCUT2D eigenvalue weighted by atomic mass is 16.6. The SMILES string of the molecule is C=CC(=O)OCCCCOc1ccc(C(=O)Oc2ccc(C(=O)Oc3ccc(OC(=O)c4ccc(OCCCCCCCCOc5ccc(C(=O)Oc6ccc(OC(=O)c7ccc(OC(=O)c8ccc(OCCCCOC(=O)C=C)cc8)cc7)cc6)cc5)cc4)cc3)cc2)cc1. The van der Waals surface area contributed by atoms with Crippen LogP contribution in [0.15, 0.2) is 219 Å². The molecule has 0 heterocycles. The molecule has 0 spiro atoms. The van der Waals surface area contributed by atoms with Crippen molar-refractivity contribution in [2.75, 3.05) is 39.6 Å². The summed E-state index contributed by atoms with van der Waals surface area (Å²) in [5, 5.41) is 0. The van der Waals surface area contributed by atoms with E-state index in [2.05, 4.69) is 13.2 Å². The molecule has 0 saturated carbocycles. The van der Waals surface area contributed by atoms with E-state index in [4.69, 9.17) is 56.8 Å². The summed E-state index contributed by atoms with van der Waals surface area (Å²) in [6.45, 7) is 9.12. The van der Waals surface area contributed by atoms with E-state index >= 15 is 0 Å². The first-order chi connectivity index (χ1) is 46.8. The molecule has 0 radical (unpaired) electrons. The standard InChI is InChI=1S/C76H70O20/c1-3-69(77)89-51-13-11-49-87-61-31-19-53(20-32-61)71(79)91-63-35-23-57(24-36-63)75(83)95-67-43-39-65(40-44-67)93-73(81)55-15-27-59(28-16-55)85-47-9-7-5-6-8-10-48-86-60-29-17-56(18-30-60)74(82)94-66-41-45-68(46-42-66)96-76(84)58-25-37-64(38-26-58)92-72(80)54-21-33-62(34-22-54)88-50-12-14-52-90-70(78)4-2/h3-4,15-46H,1-2,5-14,47-52H2. The highest BCUT2D eigenvalue weighted by Gasteiger charge is 2.17. The zero-order valence-electron chi connectivity index (χ0n) is 52.5. The van der Waals surface area contributed by atoms with Crippen molar-refractivity contribution in [2.24, 2.45) is 0 Å². The van der Waals surface area contributed by atoms with Crippen molar-refractivity contribution in [1.82, 2.24) is 0 Å². The van der Waals surface area contributed by atoms with Crippen molar-refractivity contribution in [2.45, 2.75) is 64.2 Å². The molecule has 0 aliphatic rings. The monoisotopic (exact) mass is 1300 g/mol. The molecular weight excluding hydrogens is 1230 g/mol. The van der Waals surface area contributed by atoms with Gasteiger partial charge >= 0.3 is 47.8 Å². The zero-order chi connectivity index (χ0) is 67.7. The molecular formula is C76H70O20. The smallest absolute Gasteiger partial charge is 0.343 e. The van der Waals surface area contributed by atoms with E-state index in [1.165, 1.54) is 97.1 Å². The molecule has 96 heavy (non-hydrogen) atoms. The fraction of sp³-hybridized carbons (Fsp3) is 0.211. The molecule has 0 bridgehead atoms. The number of carbonyl (C=O) groups is 8. The van der Waals surface area contributed by atoms with Gasteiger partial charge in [0.15, 0.2) is 0 Å². The molecule has 0 fully saturated rings. The average Bonchev–Trinajstić information content (AvgIpc) is 0.998. The van der Waals surface area contributed by atoms with Crippen molar-refractivity contribution in [3.63, 3.8) is 0 Å². The first kappa shape index (κ1) is 70.1. The van der Waals surface area contributed by atoms with E-state index in [-0.39, 0.29) is 58.8 Å². The molecule has 0 aromatic heterocycles. The lowest BCUT2D eigenvalue weighted by Crippen LogP contribution is -2.10. The van der Waals surface area contributed by atoms with Gasteiger partial charge in [0.25, 0.3) is 0 Å². The molecule has 20 heteroatoms. The van der Waals surface area contributed by atoms with Crippen LogP contribution in [0.4, 0.5) is 0 Å². The van der Waals surface area contributed by atoms with Gasteiger partial charge in [0, 0.05) is 12.2 Å². The number of carbonyl (C=O) groups excluding carboxylic acids is 8. The molecule has 0 aliphatic carbocycles. The minimum absolute atomic E-state index is 0.216. The van der Waals surface area contributed by atoms with Gasteiger partial charge in [-0.15, -0.1) is 0 Å². The summed E-state index contributed by atoms with van der Waals surface area (Å²) in [6, 6.07) is 50.1. The van der Waals surface area contributed by atoms with Gasteiger partial charge in [-0.05, 0) is 233 Å².